The van der Waals surface area contributed by atoms with Gasteiger partial charge in [0.1, 0.15) is 11.3 Å². The lowest BCUT2D eigenvalue weighted by Crippen LogP contribution is -2.33. The molecule has 0 unspecified atom stereocenters. The molecule has 7 heteroatoms. The number of likely N-dealkylation sites (tertiary alicyclic amines) is 1. The zero-order valence-corrected chi connectivity index (χ0v) is 21.9. The number of hydrogen-bond donors (Lipinski definition) is 1. The summed E-state index contributed by atoms with van der Waals surface area (Å²) in [6.07, 6.45) is 2.54. The van der Waals surface area contributed by atoms with E-state index in [1.165, 1.54) is 5.56 Å². The van der Waals surface area contributed by atoms with Crippen molar-refractivity contribution in [2.24, 2.45) is 0 Å². The highest BCUT2D eigenvalue weighted by Crippen LogP contribution is 2.40. The van der Waals surface area contributed by atoms with Gasteiger partial charge in [-0.1, -0.05) is 58.0 Å². The monoisotopic (exact) mass is 488 g/mol. The van der Waals surface area contributed by atoms with Gasteiger partial charge in [0.25, 0.3) is 11.7 Å². The van der Waals surface area contributed by atoms with Crippen LogP contribution >= 0.6 is 0 Å². The number of aliphatic hydroxyl groups is 1. The molecule has 1 atom stereocenters. The normalized spacial score (nSPS) is 17.8. The van der Waals surface area contributed by atoms with Crippen molar-refractivity contribution in [2.45, 2.75) is 53.0 Å². The molecule has 2 aromatic heterocycles. The van der Waals surface area contributed by atoms with Crippen molar-refractivity contribution >= 4 is 23.1 Å². The minimum absolute atomic E-state index is 0.119. The van der Waals surface area contributed by atoms with Gasteiger partial charge in [-0.15, -0.1) is 0 Å². The van der Waals surface area contributed by atoms with E-state index in [1.807, 2.05) is 42.5 Å². The Morgan fingerprint density at radius 1 is 1.08 bits per heavy atom. The molecule has 1 aliphatic heterocycles. The largest absolute Gasteiger partial charge is 0.505 e. The molecule has 0 radical (unpaired) electrons. The molecule has 1 aliphatic rings. The van der Waals surface area contributed by atoms with E-state index in [4.69, 9.17) is 0 Å². The Labute approximate surface area is 213 Å². The van der Waals surface area contributed by atoms with E-state index >= 15 is 0 Å². The maximum Gasteiger partial charge on any atom is 0.295 e. The maximum absolute atomic E-state index is 13.4. The number of aromatic nitrogens is 2. The SMILES string of the molecule is CCN(CC)CCCN1C(=O)C(=O)C(=C(O)c2c(C)nc3ccccn23)[C@H]1c1ccc(C(C)C)cc1. The molecule has 1 aromatic carbocycles. The molecule has 7 nitrogen and oxygen atoms in total. The van der Waals surface area contributed by atoms with Crippen molar-refractivity contribution in [3.05, 3.63) is 76.7 Å². The lowest BCUT2D eigenvalue weighted by Gasteiger charge is -2.27. The van der Waals surface area contributed by atoms with E-state index in [1.54, 1.807) is 22.4 Å². The van der Waals surface area contributed by atoms with Gasteiger partial charge >= 0.3 is 0 Å². The average molecular weight is 489 g/mol. The van der Waals surface area contributed by atoms with E-state index in [0.29, 0.717) is 29.5 Å². The van der Waals surface area contributed by atoms with Gasteiger partial charge in [0.2, 0.25) is 0 Å². The molecule has 4 rings (SSSR count). The van der Waals surface area contributed by atoms with Crippen LogP contribution in [-0.4, -0.2) is 62.2 Å². The number of benzene rings is 1. The van der Waals surface area contributed by atoms with Gasteiger partial charge in [-0.25, -0.2) is 4.98 Å². The third-order valence-corrected chi connectivity index (χ3v) is 7.16. The highest BCUT2D eigenvalue weighted by Gasteiger charge is 2.46. The number of aryl methyl sites for hydroxylation is 1. The Balaban J connectivity index is 1.82. The lowest BCUT2D eigenvalue weighted by molar-refractivity contribution is -0.140. The number of pyridine rings is 1. The molecule has 1 amide bonds. The first-order valence-electron chi connectivity index (χ1n) is 12.8. The van der Waals surface area contributed by atoms with Crippen LogP contribution in [0.3, 0.4) is 0 Å². The zero-order chi connectivity index (χ0) is 26.0. The number of carbonyl (C=O) groups excluding carboxylic acids is 2. The van der Waals surface area contributed by atoms with Crippen LogP contribution in [0.1, 0.15) is 68.6 Å². The summed E-state index contributed by atoms with van der Waals surface area (Å²) in [7, 11) is 0. The summed E-state index contributed by atoms with van der Waals surface area (Å²) in [5.41, 5.74) is 3.82. The topological polar surface area (TPSA) is 78.2 Å². The van der Waals surface area contributed by atoms with Gasteiger partial charge in [-0.05, 0) is 62.2 Å². The molecule has 190 valence electrons. The predicted molar refractivity (Wildman–Crippen MR) is 142 cm³/mol. The van der Waals surface area contributed by atoms with Crippen molar-refractivity contribution in [2.75, 3.05) is 26.2 Å². The molecule has 1 fully saturated rings. The van der Waals surface area contributed by atoms with Gasteiger partial charge < -0.3 is 14.9 Å². The van der Waals surface area contributed by atoms with E-state index in [9.17, 15) is 14.7 Å². The molecule has 3 aromatic rings. The van der Waals surface area contributed by atoms with Crippen LogP contribution in [0.4, 0.5) is 0 Å². The van der Waals surface area contributed by atoms with Gasteiger partial charge in [0.15, 0.2) is 5.76 Å². The predicted octanol–water partition coefficient (Wildman–Crippen LogP) is 4.92. The number of Topliss-reactive ketones (excluding diaryl/α,β-unsaturated/α-hetero) is 1. The second-order valence-electron chi connectivity index (χ2n) is 9.67. The lowest BCUT2D eigenvalue weighted by atomic mass is 9.93. The van der Waals surface area contributed by atoms with E-state index in [0.717, 1.165) is 31.6 Å². The summed E-state index contributed by atoms with van der Waals surface area (Å²) in [5, 5.41) is 11.6. The van der Waals surface area contributed by atoms with Crippen LogP contribution in [-0.2, 0) is 9.59 Å². The number of hydrogen-bond acceptors (Lipinski definition) is 5. The van der Waals surface area contributed by atoms with Crippen LogP contribution in [0.15, 0.2) is 54.2 Å². The number of fused-ring (bicyclic) bond motifs is 1. The maximum atomic E-state index is 13.4. The number of nitrogens with zero attached hydrogens (tertiary/aromatic N) is 4. The second-order valence-corrected chi connectivity index (χ2v) is 9.67. The molecule has 36 heavy (non-hydrogen) atoms. The summed E-state index contributed by atoms with van der Waals surface area (Å²) >= 11 is 0. The number of ketones is 1. The average Bonchev–Trinajstić information content (AvgIpc) is 3.34. The Hall–Kier alpha value is -3.45. The molecule has 0 bridgehead atoms. The molecule has 3 heterocycles. The van der Waals surface area contributed by atoms with E-state index < -0.39 is 17.7 Å². The molecule has 1 N–H and O–H groups in total. The fourth-order valence-corrected chi connectivity index (χ4v) is 5.05. The van der Waals surface area contributed by atoms with Crippen molar-refractivity contribution in [3.8, 4) is 0 Å². The second kappa shape index (κ2) is 10.7. The highest BCUT2D eigenvalue weighted by atomic mass is 16.3. The molecule has 1 saturated heterocycles. The summed E-state index contributed by atoms with van der Waals surface area (Å²) in [4.78, 5) is 35.2. The highest BCUT2D eigenvalue weighted by molar-refractivity contribution is 6.46. The van der Waals surface area contributed by atoms with Crippen molar-refractivity contribution in [1.82, 2.24) is 19.2 Å². The first-order valence-corrected chi connectivity index (χ1v) is 12.8. The van der Waals surface area contributed by atoms with Crippen LogP contribution in [0.2, 0.25) is 0 Å². The Bertz CT molecular complexity index is 1290. The summed E-state index contributed by atoms with van der Waals surface area (Å²) < 4.78 is 1.76. The van der Waals surface area contributed by atoms with Crippen molar-refractivity contribution in [1.29, 1.82) is 0 Å². The Kier molecular flexibility index (Phi) is 7.59. The van der Waals surface area contributed by atoms with Gasteiger partial charge in [0.05, 0.1) is 17.3 Å². The third kappa shape index (κ3) is 4.67. The van der Waals surface area contributed by atoms with Crippen molar-refractivity contribution in [3.63, 3.8) is 0 Å². The van der Waals surface area contributed by atoms with E-state index in [-0.39, 0.29) is 11.3 Å². The first kappa shape index (κ1) is 25.6. The van der Waals surface area contributed by atoms with Gasteiger partial charge in [0, 0.05) is 12.7 Å². The minimum atomic E-state index is -0.656. The quantitative estimate of drug-likeness (QED) is 0.263. The Morgan fingerprint density at radius 3 is 2.42 bits per heavy atom. The number of aliphatic hydroxyl groups excluding tert-OH is 1. The minimum Gasteiger partial charge on any atom is -0.505 e. The van der Waals surface area contributed by atoms with Gasteiger partial charge in [-0.2, -0.15) is 0 Å². The van der Waals surface area contributed by atoms with Crippen LogP contribution in [0.25, 0.3) is 11.4 Å². The molecular formula is C29H36N4O3. The first-order chi connectivity index (χ1) is 17.3. The van der Waals surface area contributed by atoms with Crippen LogP contribution in [0, 0.1) is 6.92 Å². The van der Waals surface area contributed by atoms with Gasteiger partial charge in [-0.3, -0.25) is 14.0 Å². The summed E-state index contributed by atoms with van der Waals surface area (Å²) in [6, 6.07) is 12.9. The van der Waals surface area contributed by atoms with E-state index in [2.05, 4.69) is 37.6 Å². The van der Waals surface area contributed by atoms with Crippen LogP contribution < -0.4 is 0 Å². The van der Waals surface area contributed by atoms with Crippen LogP contribution in [0.5, 0.6) is 0 Å². The van der Waals surface area contributed by atoms with Crippen molar-refractivity contribution < 1.29 is 14.7 Å². The fourth-order valence-electron chi connectivity index (χ4n) is 5.05. The smallest absolute Gasteiger partial charge is 0.295 e. The summed E-state index contributed by atoms with van der Waals surface area (Å²) in [5.74, 6) is -1.05. The Morgan fingerprint density at radius 2 is 1.78 bits per heavy atom. The number of imidazole rings is 1. The molecular weight excluding hydrogens is 452 g/mol. The summed E-state index contributed by atoms with van der Waals surface area (Å²) in [6.45, 7) is 13.4. The number of amides is 1. The molecule has 0 aliphatic carbocycles. The number of rotatable bonds is 9. The third-order valence-electron chi connectivity index (χ3n) is 7.16. The molecule has 0 spiro atoms. The fraction of sp³-hybridized carbons (Fsp3) is 0.414. The zero-order valence-electron chi connectivity index (χ0n) is 21.9. The standard InChI is InChI=1S/C29H36N4O3/c1-6-31(7-2)16-10-18-33-26(22-14-12-21(13-15-22)19(3)4)24(28(35)29(33)36)27(34)25-20(5)30-23-11-8-9-17-32(23)25/h8-9,11-15,17,19,26,34H,6-7,10,16,18H2,1-5H3/t26-/m1/s1. The molecule has 0 saturated carbocycles. The number of carbonyl (C=O) groups is 2.